The molecular formula is C17H27NO4. The Morgan fingerprint density at radius 2 is 1.32 bits per heavy atom. The Kier molecular flexibility index (Phi) is 5.80. The summed E-state index contributed by atoms with van der Waals surface area (Å²) in [6.45, 7) is 13.8. The molecule has 124 valence electrons. The van der Waals surface area contributed by atoms with Gasteiger partial charge in [0.1, 0.15) is 0 Å². The fourth-order valence-corrected chi connectivity index (χ4v) is 2.82. The number of ether oxygens (including phenoxy) is 2. The van der Waals surface area contributed by atoms with Crippen molar-refractivity contribution in [3.8, 4) is 0 Å². The minimum atomic E-state index is -0.387. The fraction of sp³-hybridized carbons (Fsp3) is 0.647. The molecule has 0 saturated heterocycles. The van der Waals surface area contributed by atoms with Crippen LogP contribution in [0.25, 0.3) is 0 Å². The Labute approximate surface area is 132 Å². The lowest BCUT2D eigenvalue weighted by atomic mass is 9.69. The van der Waals surface area contributed by atoms with Crippen LogP contribution in [0.2, 0.25) is 0 Å². The van der Waals surface area contributed by atoms with E-state index in [9.17, 15) is 9.59 Å². The summed E-state index contributed by atoms with van der Waals surface area (Å²) in [5.41, 5.74) is 2.13. The highest BCUT2D eigenvalue weighted by Gasteiger charge is 2.43. The number of carbonyl (C=O) groups excluding carboxylic acids is 2. The van der Waals surface area contributed by atoms with Crippen LogP contribution in [-0.2, 0) is 19.1 Å². The smallest absolute Gasteiger partial charge is 0.336 e. The van der Waals surface area contributed by atoms with E-state index in [-0.39, 0.29) is 23.3 Å². The summed E-state index contributed by atoms with van der Waals surface area (Å²) in [4.78, 5) is 24.8. The fourth-order valence-electron chi connectivity index (χ4n) is 2.82. The molecule has 0 aromatic heterocycles. The van der Waals surface area contributed by atoms with Crippen LogP contribution in [0.15, 0.2) is 22.5 Å². The molecule has 5 nitrogen and oxygen atoms in total. The van der Waals surface area contributed by atoms with Crippen molar-refractivity contribution in [1.29, 1.82) is 0 Å². The quantitative estimate of drug-likeness (QED) is 0.809. The Bertz CT molecular complexity index is 483. The summed E-state index contributed by atoms with van der Waals surface area (Å²) in [6, 6.07) is 0. The van der Waals surface area contributed by atoms with Gasteiger partial charge in [-0.1, -0.05) is 20.8 Å². The van der Waals surface area contributed by atoms with Crippen molar-refractivity contribution in [2.45, 2.75) is 48.5 Å². The van der Waals surface area contributed by atoms with Gasteiger partial charge in [0.2, 0.25) is 0 Å². The predicted octanol–water partition coefficient (Wildman–Crippen LogP) is 2.93. The number of esters is 2. The summed E-state index contributed by atoms with van der Waals surface area (Å²) in [6.07, 6.45) is 0. The van der Waals surface area contributed by atoms with E-state index in [4.69, 9.17) is 9.47 Å². The third-order valence-electron chi connectivity index (χ3n) is 3.62. The standard InChI is InChI=1S/C17H27NO4/c1-8-21-15(19)12-10(3)18-11(4)13(16(20)22-9-2)14(12)17(5,6)7/h14,18H,8-9H2,1-7H3. The first-order valence-electron chi connectivity index (χ1n) is 7.67. The van der Waals surface area contributed by atoms with Crippen molar-refractivity contribution in [1.82, 2.24) is 5.32 Å². The van der Waals surface area contributed by atoms with E-state index in [1.54, 1.807) is 13.8 Å². The average molecular weight is 309 g/mol. The zero-order valence-corrected chi connectivity index (χ0v) is 14.6. The van der Waals surface area contributed by atoms with Crippen LogP contribution in [0.5, 0.6) is 0 Å². The first-order chi connectivity index (χ1) is 10.1. The number of hydrogen-bond acceptors (Lipinski definition) is 5. The molecule has 1 heterocycles. The molecule has 0 aliphatic carbocycles. The van der Waals surface area contributed by atoms with Crippen molar-refractivity contribution >= 4 is 11.9 Å². The molecule has 0 aromatic carbocycles. The second kappa shape index (κ2) is 6.99. The van der Waals surface area contributed by atoms with Crippen LogP contribution in [0, 0.1) is 11.3 Å². The minimum Gasteiger partial charge on any atom is -0.463 e. The first kappa shape index (κ1) is 18.3. The molecule has 22 heavy (non-hydrogen) atoms. The Morgan fingerprint density at radius 1 is 0.955 bits per heavy atom. The normalized spacial score (nSPS) is 16.5. The van der Waals surface area contributed by atoms with Gasteiger partial charge >= 0.3 is 11.9 Å². The van der Waals surface area contributed by atoms with E-state index < -0.39 is 0 Å². The maximum atomic E-state index is 12.4. The van der Waals surface area contributed by atoms with Gasteiger partial charge in [0.05, 0.1) is 24.4 Å². The number of rotatable bonds is 4. The molecule has 5 heteroatoms. The SMILES string of the molecule is CCOC(=O)C1=C(C)NC(C)=C(C(=O)OCC)C1C(C)(C)C. The molecule has 1 rings (SSSR count). The molecule has 0 spiro atoms. The lowest BCUT2D eigenvalue weighted by Crippen LogP contribution is -2.39. The molecule has 1 aliphatic heterocycles. The van der Waals surface area contributed by atoms with Gasteiger partial charge in [-0.3, -0.25) is 0 Å². The lowest BCUT2D eigenvalue weighted by Gasteiger charge is -2.38. The van der Waals surface area contributed by atoms with Crippen LogP contribution < -0.4 is 5.32 Å². The molecule has 0 bridgehead atoms. The summed E-state index contributed by atoms with van der Waals surface area (Å²) in [5, 5.41) is 3.12. The molecule has 0 amide bonds. The Hall–Kier alpha value is -1.78. The van der Waals surface area contributed by atoms with Gasteiger partial charge in [-0.15, -0.1) is 0 Å². The number of dihydropyridines is 1. The van der Waals surface area contributed by atoms with E-state index in [1.807, 2.05) is 34.6 Å². The van der Waals surface area contributed by atoms with E-state index in [0.29, 0.717) is 24.4 Å². The lowest BCUT2D eigenvalue weighted by molar-refractivity contribution is -0.141. The predicted molar refractivity (Wildman–Crippen MR) is 84.7 cm³/mol. The van der Waals surface area contributed by atoms with Crippen molar-refractivity contribution in [3.05, 3.63) is 22.5 Å². The van der Waals surface area contributed by atoms with Gasteiger partial charge in [-0.25, -0.2) is 9.59 Å². The van der Waals surface area contributed by atoms with Gasteiger partial charge in [0.15, 0.2) is 0 Å². The summed E-state index contributed by atoms with van der Waals surface area (Å²) in [5.74, 6) is -1.14. The molecule has 0 aromatic rings. The van der Waals surface area contributed by atoms with Gasteiger partial charge in [0.25, 0.3) is 0 Å². The second-order valence-corrected chi connectivity index (χ2v) is 6.44. The van der Waals surface area contributed by atoms with Crippen LogP contribution in [-0.4, -0.2) is 25.2 Å². The van der Waals surface area contributed by atoms with Crippen LogP contribution >= 0.6 is 0 Å². The van der Waals surface area contributed by atoms with Gasteiger partial charge < -0.3 is 14.8 Å². The molecule has 0 radical (unpaired) electrons. The highest BCUT2D eigenvalue weighted by Crippen LogP contribution is 2.42. The van der Waals surface area contributed by atoms with E-state index in [2.05, 4.69) is 5.32 Å². The topological polar surface area (TPSA) is 64.6 Å². The molecular weight excluding hydrogens is 282 g/mol. The number of nitrogens with one attached hydrogen (secondary N) is 1. The molecule has 1 aliphatic rings. The Morgan fingerprint density at radius 3 is 1.59 bits per heavy atom. The zero-order valence-electron chi connectivity index (χ0n) is 14.6. The first-order valence-corrected chi connectivity index (χ1v) is 7.67. The highest BCUT2D eigenvalue weighted by atomic mass is 16.5. The van der Waals surface area contributed by atoms with Gasteiger partial charge in [-0.2, -0.15) is 0 Å². The van der Waals surface area contributed by atoms with Crippen molar-refractivity contribution in [2.75, 3.05) is 13.2 Å². The molecule has 1 N–H and O–H groups in total. The maximum Gasteiger partial charge on any atom is 0.336 e. The Balaban J connectivity index is 3.42. The van der Waals surface area contributed by atoms with Crippen molar-refractivity contribution in [3.63, 3.8) is 0 Å². The van der Waals surface area contributed by atoms with E-state index >= 15 is 0 Å². The molecule has 0 atom stereocenters. The monoisotopic (exact) mass is 309 g/mol. The third kappa shape index (κ3) is 3.70. The van der Waals surface area contributed by atoms with Crippen LogP contribution in [0.3, 0.4) is 0 Å². The maximum absolute atomic E-state index is 12.4. The zero-order chi connectivity index (χ0) is 17.1. The average Bonchev–Trinajstić information content (AvgIpc) is 2.36. The summed E-state index contributed by atoms with van der Waals surface area (Å²) >= 11 is 0. The van der Waals surface area contributed by atoms with Gasteiger partial charge in [0, 0.05) is 17.3 Å². The molecule has 0 saturated carbocycles. The largest absolute Gasteiger partial charge is 0.463 e. The van der Waals surface area contributed by atoms with Gasteiger partial charge in [-0.05, 0) is 33.1 Å². The molecule has 0 unspecified atom stereocenters. The van der Waals surface area contributed by atoms with Crippen molar-refractivity contribution in [2.24, 2.45) is 11.3 Å². The number of hydrogen-bond donors (Lipinski definition) is 1. The van der Waals surface area contributed by atoms with Crippen LogP contribution in [0.4, 0.5) is 0 Å². The number of allylic oxidation sites excluding steroid dienone is 2. The van der Waals surface area contributed by atoms with Crippen LogP contribution in [0.1, 0.15) is 48.5 Å². The third-order valence-corrected chi connectivity index (χ3v) is 3.62. The highest BCUT2D eigenvalue weighted by molar-refractivity contribution is 5.98. The summed E-state index contributed by atoms with van der Waals surface area (Å²) in [7, 11) is 0. The van der Waals surface area contributed by atoms with Crippen molar-refractivity contribution < 1.29 is 19.1 Å². The second-order valence-electron chi connectivity index (χ2n) is 6.44. The minimum absolute atomic E-state index is 0.296. The van der Waals surface area contributed by atoms with E-state index in [0.717, 1.165) is 11.4 Å². The summed E-state index contributed by atoms with van der Waals surface area (Å²) < 4.78 is 10.4. The molecule has 0 fully saturated rings. The number of carbonyl (C=O) groups is 2. The van der Waals surface area contributed by atoms with E-state index in [1.165, 1.54) is 0 Å².